The molecule has 4 nitrogen and oxygen atoms in total. The molecule has 18 heavy (non-hydrogen) atoms. The second kappa shape index (κ2) is 6.31. The van der Waals surface area contributed by atoms with E-state index in [1.807, 2.05) is 13.0 Å². The fourth-order valence-electron chi connectivity index (χ4n) is 1.63. The molecule has 0 atom stereocenters. The molecule has 0 bridgehead atoms. The van der Waals surface area contributed by atoms with Crippen molar-refractivity contribution < 1.29 is 4.52 Å². The van der Waals surface area contributed by atoms with Crippen LogP contribution in [0.15, 0.2) is 16.7 Å². The number of aryl methyl sites for hydroxylation is 1. The number of thiophene rings is 1. The Labute approximate surface area is 116 Å². The molecule has 2 rings (SSSR count). The maximum absolute atomic E-state index is 5.93. The van der Waals surface area contributed by atoms with Gasteiger partial charge in [-0.25, -0.2) is 0 Å². The van der Waals surface area contributed by atoms with Crippen molar-refractivity contribution >= 4 is 22.9 Å². The number of rotatable bonds is 6. The maximum atomic E-state index is 5.93. The number of hydrogen-bond donors (Lipinski definition) is 0. The Hall–Kier alpha value is -0.910. The first-order valence-electron chi connectivity index (χ1n) is 5.99. The largest absolute Gasteiger partial charge is 0.338 e. The van der Waals surface area contributed by atoms with Crippen molar-refractivity contribution in [3.63, 3.8) is 0 Å². The van der Waals surface area contributed by atoms with Gasteiger partial charge in [0.1, 0.15) is 0 Å². The van der Waals surface area contributed by atoms with Gasteiger partial charge in [0.2, 0.25) is 5.89 Å². The third-order valence-electron chi connectivity index (χ3n) is 2.64. The molecule has 98 valence electrons. The van der Waals surface area contributed by atoms with Crippen LogP contribution >= 0.6 is 22.9 Å². The molecule has 0 unspecified atom stereocenters. The van der Waals surface area contributed by atoms with E-state index in [0.29, 0.717) is 12.4 Å². The summed E-state index contributed by atoms with van der Waals surface area (Å²) in [6.45, 7) is 6.60. The standard InChI is InChI=1S/C12H16ClN3OS/c1-3-11-14-12(17-15-11)8-16(4-2)7-9-5-6-10(13)18-9/h5-6H,3-4,7-8H2,1-2H3. The average Bonchev–Trinajstić information content (AvgIpc) is 2.97. The molecular weight excluding hydrogens is 270 g/mol. The quantitative estimate of drug-likeness (QED) is 0.816. The Balaban J connectivity index is 1.96. The van der Waals surface area contributed by atoms with Crippen molar-refractivity contribution in [2.75, 3.05) is 6.54 Å². The van der Waals surface area contributed by atoms with Crippen LogP contribution in [0.1, 0.15) is 30.4 Å². The summed E-state index contributed by atoms with van der Waals surface area (Å²) in [5.41, 5.74) is 0. The highest BCUT2D eigenvalue weighted by Gasteiger charge is 2.11. The molecule has 0 aromatic carbocycles. The Bertz CT molecular complexity index is 497. The van der Waals surface area contributed by atoms with Crippen LogP contribution in [0.4, 0.5) is 0 Å². The van der Waals surface area contributed by atoms with E-state index < -0.39 is 0 Å². The smallest absolute Gasteiger partial charge is 0.240 e. The summed E-state index contributed by atoms with van der Waals surface area (Å²) in [5, 5.41) is 3.90. The van der Waals surface area contributed by atoms with E-state index in [0.717, 1.165) is 29.7 Å². The summed E-state index contributed by atoms with van der Waals surface area (Å²) in [6, 6.07) is 3.98. The van der Waals surface area contributed by atoms with Gasteiger partial charge in [0.05, 0.1) is 10.9 Å². The minimum atomic E-state index is 0.677. The lowest BCUT2D eigenvalue weighted by molar-refractivity contribution is 0.230. The van der Waals surface area contributed by atoms with Crippen LogP contribution in [-0.2, 0) is 19.5 Å². The van der Waals surface area contributed by atoms with E-state index in [1.54, 1.807) is 11.3 Å². The Morgan fingerprint density at radius 2 is 2.17 bits per heavy atom. The third kappa shape index (κ3) is 3.54. The van der Waals surface area contributed by atoms with Crippen LogP contribution in [0.5, 0.6) is 0 Å². The predicted molar refractivity (Wildman–Crippen MR) is 72.8 cm³/mol. The lowest BCUT2D eigenvalue weighted by Gasteiger charge is -2.16. The molecular formula is C12H16ClN3OS. The summed E-state index contributed by atoms with van der Waals surface area (Å²) < 4.78 is 6.03. The van der Waals surface area contributed by atoms with E-state index in [9.17, 15) is 0 Å². The molecule has 2 heterocycles. The van der Waals surface area contributed by atoms with Crippen LogP contribution < -0.4 is 0 Å². The molecule has 0 aliphatic heterocycles. The zero-order valence-corrected chi connectivity index (χ0v) is 12.1. The topological polar surface area (TPSA) is 42.2 Å². The first-order chi connectivity index (χ1) is 8.71. The molecule has 0 aliphatic rings. The van der Waals surface area contributed by atoms with Gasteiger partial charge in [-0.05, 0) is 18.7 Å². The van der Waals surface area contributed by atoms with E-state index in [1.165, 1.54) is 4.88 Å². The van der Waals surface area contributed by atoms with Gasteiger partial charge in [-0.1, -0.05) is 30.6 Å². The predicted octanol–water partition coefficient (Wildman–Crippen LogP) is 3.37. The first-order valence-corrected chi connectivity index (χ1v) is 7.18. The van der Waals surface area contributed by atoms with Gasteiger partial charge in [0.15, 0.2) is 5.82 Å². The van der Waals surface area contributed by atoms with Gasteiger partial charge in [0, 0.05) is 17.8 Å². The van der Waals surface area contributed by atoms with Gasteiger partial charge in [-0.3, -0.25) is 4.90 Å². The van der Waals surface area contributed by atoms with E-state index >= 15 is 0 Å². The first kappa shape index (κ1) is 13.5. The van der Waals surface area contributed by atoms with Crippen LogP contribution in [-0.4, -0.2) is 21.6 Å². The highest BCUT2D eigenvalue weighted by atomic mass is 35.5. The minimum Gasteiger partial charge on any atom is -0.338 e. The summed E-state index contributed by atoms with van der Waals surface area (Å²) in [7, 11) is 0. The monoisotopic (exact) mass is 285 g/mol. The second-order valence-electron chi connectivity index (χ2n) is 3.97. The van der Waals surface area contributed by atoms with Crippen LogP contribution in [0.3, 0.4) is 0 Å². The molecule has 0 radical (unpaired) electrons. The lowest BCUT2D eigenvalue weighted by atomic mass is 10.4. The zero-order chi connectivity index (χ0) is 13.0. The Kier molecular flexibility index (Phi) is 4.74. The molecule has 0 amide bonds. The molecule has 0 N–H and O–H groups in total. The van der Waals surface area contributed by atoms with Gasteiger partial charge >= 0.3 is 0 Å². The fourth-order valence-corrected chi connectivity index (χ4v) is 2.76. The second-order valence-corrected chi connectivity index (χ2v) is 5.77. The van der Waals surface area contributed by atoms with E-state index in [2.05, 4.69) is 28.0 Å². The highest BCUT2D eigenvalue weighted by molar-refractivity contribution is 7.16. The molecule has 2 aromatic heterocycles. The van der Waals surface area contributed by atoms with Crippen LogP contribution in [0, 0.1) is 0 Å². The highest BCUT2D eigenvalue weighted by Crippen LogP contribution is 2.23. The molecule has 0 saturated carbocycles. The number of nitrogens with zero attached hydrogens (tertiary/aromatic N) is 3. The Morgan fingerprint density at radius 1 is 1.33 bits per heavy atom. The average molecular weight is 286 g/mol. The van der Waals surface area contributed by atoms with Crippen molar-refractivity contribution in [2.45, 2.75) is 33.4 Å². The molecule has 2 aromatic rings. The summed E-state index contributed by atoms with van der Waals surface area (Å²) in [4.78, 5) is 7.81. The number of halogens is 1. The molecule has 0 saturated heterocycles. The minimum absolute atomic E-state index is 0.677. The number of aromatic nitrogens is 2. The Morgan fingerprint density at radius 3 is 2.72 bits per heavy atom. The van der Waals surface area contributed by atoms with E-state index in [4.69, 9.17) is 16.1 Å². The van der Waals surface area contributed by atoms with Crippen molar-refractivity contribution in [1.82, 2.24) is 15.0 Å². The fraction of sp³-hybridized carbons (Fsp3) is 0.500. The third-order valence-corrected chi connectivity index (χ3v) is 3.86. The molecule has 0 fully saturated rings. The lowest BCUT2D eigenvalue weighted by Crippen LogP contribution is -2.22. The summed E-state index contributed by atoms with van der Waals surface area (Å²) in [5.74, 6) is 1.44. The van der Waals surface area contributed by atoms with Crippen molar-refractivity contribution in [3.8, 4) is 0 Å². The van der Waals surface area contributed by atoms with Crippen molar-refractivity contribution in [3.05, 3.63) is 33.1 Å². The van der Waals surface area contributed by atoms with Gasteiger partial charge in [-0.2, -0.15) is 4.98 Å². The number of hydrogen-bond acceptors (Lipinski definition) is 5. The van der Waals surface area contributed by atoms with Crippen LogP contribution in [0.2, 0.25) is 4.34 Å². The van der Waals surface area contributed by atoms with E-state index in [-0.39, 0.29) is 0 Å². The van der Waals surface area contributed by atoms with Crippen LogP contribution in [0.25, 0.3) is 0 Å². The van der Waals surface area contributed by atoms with Gasteiger partial charge in [-0.15, -0.1) is 11.3 Å². The normalized spacial score (nSPS) is 11.3. The van der Waals surface area contributed by atoms with Crippen molar-refractivity contribution in [2.24, 2.45) is 0 Å². The summed E-state index contributed by atoms with van der Waals surface area (Å²) >= 11 is 7.54. The molecule has 0 aliphatic carbocycles. The maximum Gasteiger partial charge on any atom is 0.240 e. The van der Waals surface area contributed by atoms with Gasteiger partial charge in [0.25, 0.3) is 0 Å². The zero-order valence-electron chi connectivity index (χ0n) is 10.5. The van der Waals surface area contributed by atoms with Gasteiger partial charge < -0.3 is 4.52 Å². The molecule has 0 spiro atoms. The summed E-state index contributed by atoms with van der Waals surface area (Å²) in [6.07, 6.45) is 0.802. The SMILES string of the molecule is CCc1noc(CN(CC)Cc2ccc(Cl)s2)n1. The molecule has 6 heteroatoms. The van der Waals surface area contributed by atoms with Crippen molar-refractivity contribution in [1.29, 1.82) is 0 Å².